The second kappa shape index (κ2) is 9.36. The van der Waals surface area contributed by atoms with E-state index in [2.05, 4.69) is 32.9 Å². The Morgan fingerprint density at radius 3 is 2.31 bits per heavy atom. The summed E-state index contributed by atoms with van der Waals surface area (Å²) in [5.41, 5.74) is 4.58. The summed E-state index contributed by atoms with van der Waals surface area (Å²) in [4.78, 5) is 8.99. The molecule has 1 aliphatic carbocycles. The van der Waals surface area contributed by atoms with Crippen molar-refractivity contribution in [1.29, 1.82) is 10.7 Å². The van der Waals surface area contributed by atoms with Gasteiger partial charge in [0, 0.05) is 41.7 Å². The lowest BCUT2D eigenvalue weighted by Gasteiger charge is -2.26. The minimum absolute atomic E-state index is 0.0738. The van der Waals surface area contributed by atoms with Gasteiger partial charge in [0.05, 0.1) is 11.0 Å². The van der Waals surface area contributed by atoms with E-state index in [0.717, 1.165) is 30.3 Å². The van der Waals surface area contributed by atoms with Gasteiger partial charge in [-0.05, 0) is 65.4 Å². The van der Waals surface area contributed by atoms with Crippen LogP contribution in [0, 0.1) is 16.7 Å². The number of nitrogens with zero attached hydrogens (tertiary/aromatic N) is 3. The zero-order valence-electron chi connectivity index (χ0n) is 19.3. The average molecular weight is 494 g/mol. The molecule has 0 aliphatic heterocycles. The second-order valence-electron chi connectivity index (χ2n) is 8.85. The largest absolute Gasteiger partial charge is 0.308 e. The number of nitrogens with one attached hydrogen (secondary N) is 2. The fraction of sp³-hybridized carbons (Fsp3) is 0.143. The van der Waals surface area contributed by atoms with Gasteiger partial charge in [0.25, 0.3) is 10.0 Å². The van der Waals surface area contributed by atoms with Crippen molar-refractivity contribution in [3.05, 3.63) is 108 Å². The Balaban J connectivity index is 1.55. The molecule has 4 aromatic rings. The first kappa shape index (κ1) is 23.4. The molecule has 178 valence electrons. The van der Waals surface area contributed by atoms with Crippen molar-refractivity contribution in [2.75, 3.05) is 4.72 Å². The number of hydrogen-bond acceptors (Lipinski definition) is 6. The number of rotatable bonds is 7. The number of fused-ring (bicyclic) bond motifs is 1. The number of hydrogen-bond donors (Lipinski definition) is 2. The number of aromatic nitrogens is 2. The maximum Gasteiger partial charge on any atom is 0.263 e. The first-order valence-electron chi connectivity index (χ1n) is 11.4. The first-order valence-corrected chi connectivity index (χ1v) is 12.9. The van der Waals surface area contributed by atoms with E-state index >= 15 is 0 Å². The van der Waals surface area contributed by atoms with Crippen LogP contribution in [0.1, 0.15) is 28.8 Å². The van der Waals surface area contributed by atoms with Crippen molar-refractivity contribution in [2.45, 2.75) is 29.6 Å². The van der Waals surface area contributed by atoms with Crippen LogP contribution < -0.4 is 4.72 Å². The number of nitriles is 1. The van der Waals surface area contributed by atoms with Crippen molar-refractivity contribution in [2.24, 2.45) is 0 Å². The monoisotopic (exact) mass is 493 g/mol. The van der Waals surface area contributed by atoms with Crippen LogP contribution in [-0.2, 0) is 28.3 Å². The molecule has 2 aromatic carbocycles. The molecule has 0 saturated heterocycles. The third-order valence-corrected chi connectivity index (χ3v) is 7.98. The molecule has 2 aromatic heterocycles. The third-order valence-electron chi connectivity index (χ3n) is 6.63. The van der Waals surface area contributed by atoms with Crippen molar-refractivity contribution in [3.8, 4) is 17.2 Å². The summed E-state index contributed by atoms with van der Waals surface area (Å²) in [7, 11) is -3.88. The van der Waals surface area contributed by atoms with Gasteiger partial charge in [-0.15, -0.1) is 0 Å². The molecule has 0 fully saturated rings. The molecule has 5 rings (SSSR count). The standard InChI is InChI=1S/C28H23N5O2S/c29-13-12-28(17-21-6-4-5-7-22(21)18-28)26-16-20(10-14-31-26)24-11-15-32-27(25(24)19-30)33-36(34,35)23-8-2-1-3-9-23/h1-11,14-16,19,30H,12,17-18H2,(H,32,33). The highest BCUT2D eigenvalue weighted by Gasteiger charge is 2.40. The summed E-state index contributed by atoms with van der Waals surface area (Å²) < 4.78 is 28.3. The summed E-state index contributed by atoms with van der Waals surface area (Å²) >= 11 is 0. The van der Waals surface area contributed by atoms with Gasteiger partial charge in [-0.25, -0.2) is 13.4 Å². The van der Waals surface area contributed by atoms with E-state index < -0.39 is 15.4 Å². The predicted octanol–water partition coefficient (Wildman–Crippen LogP) is 4.89. The van der Waals surface area contributed by atoms with Gasteiger partial charge in [0.15, 0.2) is 0 Å². The van der Waals surface area contributed by atoms with Crippen LogP contribution in [0.5, 0.6) is 0 Å². The Hall–Kier alpha value is -4.35. The van der Waals surface area contributed by atoms with Crippen LogP contribution in [0.2, 0.25) is 0 Å². The highest BCUT2D eigenvalue weighted by molar-refractivity contribution is 7.92. The van der Waals surface area contributed by atoms with Gasteiger partial charge in [-0.2, -0.15) is 5.26 Å². The van der Waals surface area contributed by atoms with E-state index in [1.807, 2.05) is 24.3 Å². The fourth-order valence-corrected chi connectivity index (χ4v) is 5.92. The van der Waals surface area contributed by atoms with Crippen molar-refractivity contribution < 1.29 is 8.42 Å². The molecule has 1 aliphatic rings. The molecule has 0 amide bonds. The van der Waals surface area contributed by atoms with Crippen LogP contribution in [0.15, 0.2) is 90.1 Å². The molecular formula is C28H23N5O2S. The molecule has 0 spiro atoms. The van der Waals surface area contributed by atoms with Gasteiger partial charge in [-0.3, -0.25) is 9.71 Å². The molecule has 0 radical (unpaired) electrons. The van der Waals surface area contributed by atoms with Gasteiger partial charge in [0.2, 0.25) is 0 Å². The third kappa shape index (κ3) is 4.25. The minimum atomic E-state index is -3.88. The van der Waals surface area contributed by atoms with Crippen LogP contribution in [0.4, 0.5) is 5.82 Å². The molecule has 0 atom stereocenters. The summed E-state index contributed by atoms with van der Waals surface area (Å²) in [5.74, 6) is 0.0738. The smallest absolute Gasteiger partial charge is 0.263 e. The number of benzene rings is 2. The predicted molar refractivity (Wildman–Crippen MR) is 138 cm³/mol. The zero-order chi connectivity index (χ0) is 25.2. The SMILES string of the molecule is N#CCC1(c2cc(-c3ccnc(NS(=O)(=O)c4ccccc4)c3C=N)ccn2)Cc2ccccc2C1. The normalized spacial score (nSPS) is 14.0. The lowest BCUT2D eigenvalue weighted by atomic mass is 9.77. The molecule has 0 bridgehead atoms. The van der Waals surface area contributed by atoms with E-state index in [4.69, 9.17) is 5.41 Å². The highest BCUT2D eigenvalue weighted by atomic mass is 32.2. The molecule has 0 saturated carbocycles. The molecule has 2 heterocycles. The van der Waals surface area contributed by atoms with Crippen LogP contribution >= 0.6 is 0 Å². The summed E-state index contributed by atoms with van der Waals surface area (Å²) in [6, 6.07) is 24.1. The average Bonchev–Trinajstić information content (AvgIpc) is 3.29. The molecular weight excluding hydrogens is 470 g/mol. The fourth-order valence-electron chi connectivity index (χ4n) is 4.87. The van der Waals surface area contributed by atoms with Gasteiger partial charge >= 0.3 is 0 Å². The Morgan fingerprint density at radius 1 is 0.972 bits per heavy atom. The van der Waals surface area contributed by atoms with E-state index in [9.17, 15) is 13.7 Å². The van der Waals surface area contributed by atoms with E-state index in [0.29, 0.717) is 17.5 Å². The van der Waals surface area contributed by atoms with Crippen LogP contribution in [-0.4, -0.2) is 24.6 Å². The lowest BCUT2D eigenvalue weighted by Crippen LogP contribution is -2.27. The Bertz CT molecular complexity index is 1570. The molecule has 8 heteroatoms. The maximum atomic E-state index is 12.9. The molecule has 0 unspecified atom stereocenters. The van der Waals surface area contributed by atoms with Gasteiger partial charge in [-0.1, -0.05) is 42.5 Å². The molecule has 36 heavy (non-hydrogen) atoms. The quantitative estimate of drug-likeness (QED) is 0.355. The first-order chi connectivity index (χ1) is 17.5. The minimum Gasteiger partial charge on any atom is -0.308 e. The second-order valence-corrected chi connectivity index (χ2v) is 10.5. The van der Waals surface area contributed by atoms with Crippen molar-refractivity contribution >= 4 is 22.1 Å². The summed E-state index contributed by atoms with van der Waals surface area (Å²) in [5, 5.41) is 17.7. The maximum absolute atomic E-state index is 12.9. The van der Waals surface area contributed by atoms with Crippen LogP contribution in [0.25, 0.3) is 11.1 Å². The van der Waals surface area contributed by atoms with Crippen molar-refractivity contribution in [3.63, 3.8) is 0 Å². The topological polar surface area (TPSA) is 120 Å². The summed E-state index contributed by atoms with van der Waals surface area (Å²) in [6.07, 6.45) is 6.10. The van der Waals surface area contributed by atoms with Gasteiger partial charge in [0.1, 0.15) is 5.82 Å². The van der Waals surface area contributed by atoms with Crippen molar-refractivity contribution in [1.82, 2.24) is 9.97 Å². The van der Waals surface area contributed by atoms with Crippen LogP contribution in [0.3, 0.4) is 0 Å². The number of anilines is 1. The summed E-state index contributed by atoms with van der Waals surface area (Å²) in [6.45, 7) is 0. The number of sulfonamides is 1. The molecule has 7 nitrogen and oxygen atoms in total. The van der Waals surface area contributed by atoms with E-state index in [-0.39, 0.29) is 10.7 Å². The zero-order valence-corrected chi connectivity index (χ0v) is 20.2. The molecule has 2 N–H and O–H groups in total. The Morgan fingerprint density at radius 2 is 1.64 bits per heavy atom. The lowest BCUT2D eigenvalue weighted by molar-refractivity contribution is 0.448. The Labute approximate surface area is 210 Å². The van der Waals surface area contributed by atoms with E-state index in [1.165, 1.54) is 29.5 Å². The number of pyridine rings is 2. The Kier molecular flexibility index (Phi) is 6.08. The van der Waals surface area contributed by atoms with Gasteiger partial charge < -0.3 is 5.41 Å². The van der Waals surface area contributed by atoms with E-state index in [1.54, 1.807) is 30.5 Å². The highest BCUT2D eigenvalue weighted by Crippen LogP contribution is 2.42.